The van der Waals surface area contributed by atoms with Crippen molar-refractivity contribution in [1.29, 1.82) is 0 Å². The van der Waals surface area contributed by atoms with Crippen LogP contribution < -0.4 is 9.64 Å². The number of hydrogen-bond acceptors (Lipinski definition) is 5. The molecule has 0 N–H and O–H groups in total. The van der Waals surface area contributed by atoms with E-state index < -0.39 is 38.3 Å². The van der Waals surface area contributed by atoms with Gasteiger partial charge in [0.1, 0.15) is 0 Å². The summed E-state index contributed by atoms with van der Waals surface area (Å²) in [5.41, 5.74) is 1.92. The Morgan fingerprint density at radius 3 is 1.90 bits per heavy atom. The fourth-order valence-electron chi connectivity index (χ4n) is 3.60. The summed E-state index contributed by atoms with van der Waals surface area (Å²) < 4.78 is 8.12. The molecular formula is C23H17N3O4Te. The number of carbonyl (C=O) groups excluding carboxylic acids is 3. The third-order valence-corrected chi connectivity index (χ3v) is 8.10. The quantitative estimate of drug-likeness (QED) is 0.226. The molecule has 2 aliphatic heterocycles. The molecule has 0 bridgehead atoms. The first kappa shape index (κ1) is 19.6. The van der Waals surface area contributed by atoms with Crippen molar-refractivity contribution in [3.8, 4) is 11.5 Å². The molecule has 0 aliphatic carbocycles. The van der Waals surface area contributed by atoms with E-state index in [-0.39, 0.29) is 5.57 Å². The molecular weight excluding hydrogens is 510 g/mol. The zero-order valence-electron chi connectivity index (χ0n) is 16.7. The van der Waals surface area contributed by atoms with Crippen LogP contribution in [0, 0.1) is 0 Å². The first-order valence-electron chi connectivity index (χ1n) is 9.53. The minimum absolute atomic E-state index is 0.0124. The predicted molar refractivity (Wildman–Crippen MR) is 117 cm³/mol. The number of anilines is 3. The van der Waals surface area contributed by atoms with Crippen LogP contribution in [0.15, 0.2) is 66.2 Å². The molecule has 0 unspecified atom stereocenters. The maximum absolute atomic E-state index is 12.5. The van der Waals surface area contributed by atoms with Gasteiger partial charge < -0.3 is 0 Å². The third-order valence-electron chi connectivity index (χ3n) is 5.20. The van der Waals surface area contributed by atoms with Crippen molar-refractivity contribution < 1.29 is 19.1 Å². The van der Waals surface area contributed by atoms with Gasteiger partial charge in [0.2, 0.25) is 0 Å². The van der Waals surface area contributed by atoms with Gasteiger partial charge >= 0.3 is 189 Å². The fourth-order valence-corrected chi connectivity index (χ4v) is 6.39. The van der Waals surface area contributed by atoms with Crippen molar-refractivity contribution in [2.75, 3.05) is 19.0 Å². The average molecular weight is 527 g/mol. The van der Waals surface area contributed by atoms with Gasteiger partial charge in [-0.1, -0.05) is 0 Å². The van der Waals surface area contributed by atoms with Crippen LogP contribution in [-0.2, 0) is 9.59 Å². The Labute approximate surface area is 188 Å². The normalized spacial score (nSPS) is 15.6. The Hall–Kier alpha value is -3.34. The molecule has 2 aliphatic rings. The molecule has 4 amide bonds. The number of rotatable bonds is 2. The number of benzene rings is 2. The summed E-state index contributed by atoms with van der Waals surface area (Å²) in [6.45, 7) is 0. The van der Waals surface area contributed by atoms with E-state index >= 15 is 0 Å². The van der Waals surface area contributed by atoms with E-state index in [0.717, 1.165) is 40.0 Å². The fraction of sp³-hybridized carbons (Fsp3) is 0.0870. The first-order chi connectivity index (χ1) is 15.0. The molecule has 0 radical (unpaired) electrons. The topological polar surface area (TPSA) is 70.2 Å². The van der Waals surface area contributed by atoms with Crippen LogP contribution in [0.2, 0.25) is 0 Å². The summed E-state index contributed by atoms with van der Waals surface area (Å²) >= 11 is -0.903. The van der Waals surface area contributed by atoms with Crippen molar-refractivity contribution in [2.24, 2.45) is 0 Å². The molecule has 2 aromatic carbocycles. The predicted octanol–water partition coefficient (Wildman–Crippen LogP) is 3.75. The summed E-state index contributed by atoms with van der Waals surface area (Å²) in [5, 5.41) is 0. The van der Waals surface area contributed by atoms with E-state index in [1.54, 1.807) is 6.08 Å². The first-order valence-corrected chi connectivity index (χ1v) is 11.9. The third kappa shape index (κ3) is 3.16. The van der Waals surface area contributed by atoms with E-state index in [4.69, 9.17) is 4.74 Å². The summed E-state index contributed by atoms with van der Waals surface area (Å²) in [4.78, 5) is 41.1. The molecule has 3 heterocycles. The molecule has 3 aromatic rings. The monoisotopic (exact) mass is 529 g/mol. The Bertz CT molecular complexity index is 1210. The van der Waals surface area contributed by atoms with Gasteiger partial charge in [0.05, 0.1) is 0 Å². The van der Waals surface area contributed by atoms with Crippen molar-refractivity contribution in [2.45, 2.75) is 0 Å². The molecule has 5 rings (SSSR count). The van der Waals surface area contributed by atoms with E-state index in [1.807, 2.05) is 60.7 Å². The van der Waals surface area contributed by atoms with Gasteiger partial charge in [0, 0.05) is 0 Å². The van der Waals surface area contributed by atoms with E-state index in [0.29, 0.717) is 0 Å². The SMILES string of the molecule is CN1C(=O)C(=Cc2ccc(N3c4ccccc4Oc4ccccc43)[te]2)C(=O)N(C)C1=O. The van der Waals surface area contributed by atoms with Gasteiger partial charge in [-0.05, 0) is 0 Å². The molecule has 154 valence electrons. The molecule has 1 saturated heterocycles. The van der Waals surface area contributed by atoms with Gasteiger partial charge in [-0.15, -0.1) is 0 Å². The number of fused-ring (bicyclic) bond motifs is 2. The zero-order chi connectivity index (χ0) is 21.7. The summed E-state index contributed by atoms with van der Waals surface area (Å²) in [6, 6.07) is 19.1. The number of urea groups is 1. The number of amides is 4. The van der Waals surface area contributed by atoms with Crippen molar-refractivity contribution in [3.63, 3.8) is 0 Å². The Kier molecular flexibility index (Phi) is 4.69. The van der Waals surface area contributed by atoms with Gasteiger partial charge in [-0.2, -0.15) is 0 Å². The van der Waals surface area contributed by atoms with Gasteiger partial charge in [-0.3, -0.25) is 0 Å². The van der Waals surface area contributed by atoms with Crippen LogP contribution in [0.1, 0.15) is 3.58 Å². The number of carbonyl (C=O) groups is 3. The van der Waals surface area contributed by atoms with Gasteiger partial charge in [0.15, 0.2) is 0 Å². The molecule has 0 spiro atoms. The van der Waals surface area contributed by atoms with Gasteiger partial charge in [0.25, 0.3) is 0 Å². The molecule has 8 heteroatoms. The second-order valence-corrected chi connectivity index (χ2v) is 10.2. The van der Waals surface area contributed by atoms with Crippen LogP contribution >= 0.6 is 0 Å². The van der Waals surface area contributed by atoms with Crippen LogP contribution in [0.3, 0.4) is 0 Å². The number of hydrogen-bond donors (Lipinski definition) is 0. The summed E-state index contributed by atoms with van der Waals surface area (Å²) in [5.74, 6) is 0.412. The Morgan fingerprint density at radius 1 is 0.774 bits per heavy atom. The van der Waals surface area contributed by atoms with E-state index in [2.05, 4.69) is 4.90 Å². The number of ether oxygens (including phenoxy) is 1. The molecule has 1 aromatic heterocycles. The zero-order valence-corrected chi connectivity index (χ0v) is 19.1. The second kappa shape index (κ2) is 7.41. The summed E-state index contributed by atoms with van der Waals surface area (Å²) in [6.07, 6.45) is 1.63. The van der Waals surface area contributed by atoms with Crippen LogP contribution in [-0.4, -0.2) is 62.2 Å². The maximum atomic E-state index is 12.5. The molecule has 31 heavy (non-hydrogen) atoms. The molecule has 7 nitrogen and oxygen atoms in total. The van der Waals surface area contributed by atoms with Crippen LogP contribution in [0.4, 0.5) is 19.9 Å². The number of likely N-dealkylation sites (N-methyl/N-ethyl adjacent to an activating group) is 2. The van der Waals surface area contributed by atoms with Crippen molar-refractivity contribution in [1.82, 2.24) is 9.80 Å². The number of imide groups is 2. The average Bonchev–Trinajstić information content (AvgIpc) is 3.25. The van der Waals surface area contributed by atoms with Gasteiger partial charge in [-0.25, -0.2) is 0 Å². The number of barbiturate groups is 1. The number of nitrogens with zero attached hydrogens (tertiary/aromatic N) is 3. The second-order valence-electron chi connectivity index (χ2n) is 7.12. The van der Waals surface area contributed by atoms with Crippen molar-refractivity contribution in [3.05, 3.63) is 69.8 Å². The number of para-hydroxylation sites is 4. The molecule has 1 fully saturated rings. The van der Waals surface area contributed by atoms with E-state index in [1.165, 1.54) is 14.1 Å². The van der Waals surface area contributed by atoms with Crippen molar-refractivity contribution >= 4 is 59.4 Å². The molecule has 0 atom stereocenters. The van der Waals surface area contributed by atoms with E-state index in [9.17, 15) is 14.4 Å². The standard InChI is InChI=1S/C23H17N3O4Te/c1-24-21(27)15(22(28)25(2)23(24)29)13-14-11-12-20(31-14)26-16-7-3-5-9-18(16)30-19-10-6-4-8-17(19)26/h3-13H,1-2H3. The minimum atomic E-state index is -0.903. The van der Waals surface area contributed by atoms with Crippen LogP contribution in [0.25, 0.3) is 6.08 Å². The Balaban J connectivity index is 1.57. The Morgan fingerprint density at radius 2 is 1.32 bits per heavy atom. The molecule has 0 saturated carbocycles. The summed E-state index contributed by atoms with van der Waals surface area (Å²) in [7, 11) is 2.76. The van der Waals surface area contributed by atoms with Crippen LogP contribution in [0.5, 0.6) is 11.5 Å².